The molecule has 0 aliphatic carbocycles. The SMILES string of the molecule is CCOc1cccc(CNC(=O)[C@H]2COCCN2CC(F)(F)F)c1. The smallest absolute Gasteiger partial charge is 0.401 e. The highest BCUT2D eigenvalue weighted by Gasteiger charge is 2.38. The van der Waals surface area contributed by atoms with E-state index >= 15 is 0 Å². The number of hydrogen-bond acceptors (Lipinski definition) is 4. The van der Waals surface area contributed by atoms with Gasteiger partial charge in [-0.1, -0.05) is 12.1 Å². The summed E-state index contributed by atoms with van der Waals surface area (Å²) in [5.41, 5.74) is 0.813. The Kier molecular flexibility index (Phi) is 6.44. The third-order valence-corrected chi connectivity index (χ3v) is 3.60. The van der Waals surface area contributed by atoms with E-state index in [0.717, 1.165) is 10.5 Å². The van der Waals surface area contributed by atoms with Gasteiger partial charge in [0.25, 0.3) is 0 Å². The lowest BCUT2D eigenvalue weighted by molar-refractivity contribution is -0.166. The van der Waals surface area contributed by atoms with E-state index < -0.39 is 24.7 Å². The number of nitrogens with zero attached hydrogens (tertiary/aromatic N) is 1. The molecule has 0 spiro atoms. The summed E-state index contributed by atoms with van der Waals surface area (Å²) >= 11 is 0. The number of ether oxygens (including phenoxy) is 2. The van der Waals surface area contributed by atoms with Gasteiger partial charge >= 0.3 is 6.18 Å². The van der Waals surface area contributed by atoms with E-state index in [1.54, 1.807) is 18.2 Å². The minimum Gasteiger partial charge on any atom is -0.494 e. The second-order valence-corrected chi connectivity index (χ2v) is 5.47. The number of carbonyl (C=O) groups excluding carboxylic acids is 1. The third kappa shape index (κ3) is 5.68. The average molecular weight is 346 g/mol. The van der Waals surface area contributed by atoms with Gasteiger partial charge < -0.3 is 14.8 Å². The quantitative estimate of drug-likeness (QED) is 0.856. The van der Waals surface area contributed by atoms with E-state index in [-0.39, 0.29) is 26.3 Å². The number of carbonyl (C=O) groups is 1. The third-order valence-electron chi connectivity index (χ3n) is 3.60. The topological polar surface area (TPSA) is 50.8 Å². The molecule has 0 bridgehead atoms. The summed E-state index contributed by atoms with van der Waals surface area (Å²) in [6.45, 7) is 1.73. The van der Waals surface area contributed by atoms with E-state index in [4.69, 9.17) is 9.47 Å². The Morgan fingerprint density at radius 3 is 2.96 bits per heavy atom. The highest BCUT2D eigenvalue weighted by molar-refractivity contribution is 5.82. The van der Waals surface area contributed by atoms with Crippen molar-refractivity contribution in [2.75, 3.05) is 32.9 Å². The molecular weight excluding hydrogens is 325 g/mol. The first-order valence-electron chi connectivity index (χ1n) is 7.77. The number of alkyl halides is 3. The molecule has 1 aliphatic rings. The molecular formula is C16H21F3N2O3. The van der Waals surface area contributed by atoms with E-state index in [1.807, 2.05) is 13.0 Å². The van der Waals surface area contributed by atoms with Gasteiger partial charge in [0, 0.05) is 13.1 Å². The molecule has 134 valence electrons. The molecule has 2 rings (SSSR count). The maximum atomic E-state index is 12.6. The Balaban J connectivity index is 1.93. The molecule has 1 aromatic rings. The Labute approximate surface area is 138 Å². The average Bonchev–Trinajstić information content (AvgIpc) is 2.52. The summed E-state index contributed by atoms with van der Waals surface area (Å²) in [4.78, 5) is 13.4. The van der Waals surface area contributed by atoms with E-state index in [2.05, 4.69) is 5.32 Å². The van der Waals surface area contributed by atoms with Gasteiger partial charge in [0.05, 0.1) is 26.4 Å². The Morgan fingerprint density at radius 1 is 1.46 bits per heavy atom. The molecule has 1 amide bonds. The number of halogens is 3. The zero-order valence-electron chi connectivity index (χ0n) is 13.4. The van der Waals surface area contributed by atoms with Crippen LogP contribution in [0, 0.1) is 0 Å². The number of amides is 1. The Morgan fingerprint density at radius 2 is 2.25 bits per heavy atom. The summed E-state index contributed by atoms with van der Waals surface area (Å²) in [6, 6.07) is 6.26. The highest BCUT2D eigenvalue weighted by Crippen LogP contribution is 2.20. The van der Waals surface area contributed by atoms with Crippen LogP contribution < -0.4 is 10.1 Å². The first kappa shape index (κ1) is 18.5. The number of nitrogens with one attached hydrogen (secondary N) is 1. The summed E-state index contributed by atoms with van der Waals surface area (Å²) in [5.74, 6) is 0.213. The summed E-state index contributed by atoms with van der Waals surface area (Å²) in [6.07, 6.45) is -4.35. The van der Waals surface area contributed by atoms with Crippen LogP contribution in [0.5, 0.6) is 5.75 Å². The van der Waals surface area contributed by atoms with Gasteiger partial charge in [-0.05, 0) is 24.6 Å². The van der Waals surface area contributed by atoms with Gasteiger partial charge in [0.2, 0.25) is 5.91 Å². The van der Waals surface area contributed by atoms with Crippen LogP contribution >= 0.6 is 0 Å². The molecule has 8 heteroatoms. The first-order chi connectivity index (χ1) is 11.4. The van der Waals surface area contributed by atoms with Crippen molar-refractivity contribution in [1.82, 2.24) is 10.2 Å². The van der Waals surface area contributed by atoms with Gasteiger partial charge in [0.15, 0.2) is 0 Å². The number of morpholine rings is 1. The van der Waals surface area contributed by atoms with Gasteiger partial charge in [-0.2, -0.15) is 13.2 Å². The van der Waals surface area contributed by atoms with Gasteiger partial charge in [-0.25, -0.2) is 0 Å². The molecule has 1 saturated heterocycles. The molecule has 1 aromatic carbocycles. The molecule has 1 fully saturated rings. The maximum Gasteiger partial charge on any atom is 0.401 e. The molecule has 1 N–H and O–H groups in total. The van der Waals surface area contributed by atoms with Crippen LogP contribution in [0.3, 0.4) is 0 Å². The lowest BCUT2D eigenvalue weighted by atomic mass is 10.2. The van der Waals surface area contributed by atoms with Crippen molar-refractivity contribution in [2.24, 2.45) is 0 Å². The van der Waals surface area contributed by atoms with E-state index in [9.17, 15) is 18.0 Å². The summed E-state index contributed by atoms with van der Waals surface area (Å²) in [7, 11) is 0. The zero-order valence-corrected chi connectivity index (χ0v) is 13.4. The van der Waals surface area contributed by atoms with Crippen LogP contribution in [0.4, 0.5) is 13.2 Å². The Hall–Kier alpha value is -1.80. The van der Waals surface area contributed by atoms with E-state index in [0.29, 0.717) is 12.4 Å². The van der Waals surface area contributed by atoms with Crippen LogP contribution in [-0.4, -0.2) is 55.9 Å². The fourth-order valence-corrected chi connectivity index (χ4v) is 2.52. The van der Waals surface area contributed by atoms with Crippen LogP contribution in [0.15, 0.2) is 24.3 Å². The van der Waals surface area contributed by atoms with Crippen LogP contribution in [0.1, 0.15) is 12.5 Å². The van der Waals surface area contributed by atoms with Crippen molar-refractivity contribution in [2.45, 2.75) is 25.7 Å². The van der Waals surface area contributed by atoms with Crippen LogP contribution in [-0.2, 0) is 16.1 Å². The Bertz CT molecular complexity index is 552. The lowest BCUT2D eigenvalue weighted by Gasteiger charge is -2.34. The second-order valence-electron chi connectivity index (χ2n) is 5.47. The molecule has 0 aromatic heterocycles. The summed E-state index contributed by atoms with van der Waals surface area (Å²) < 4.78 is 48.4. The van der Waals surface area contributed by atoms with Crippen molar-refractivity contribution in [3.63, 3.8) is 0 Å². The summed E-state index contributed by atoms with van der Waals surface area (Å²) in [5, 5.41) is 2.67. The normalized spacial score (nSPS) is 19.1. The van der Waals surface area contributed by atoms with Gasteiger partial charge in [-0.15, -0.1) is 0 Å². The lowest BCUT2D eigenvalue weighted by Crippen LogP contribution is -2.55. The first-order valence-corrected chi connectivity index (χ1v) is 7.77. The molecule has 0 unspecified atom stereocenters. The maximum absolute atomic E-state index is 12.6. The number of benzene rings is 1. The van der Waals surface area contributed by atoms with Crippen LogP contribution in [0.25, 0.3) is 0 Å². The van der Waals surface area contributed by atoms with Gasteiger partial charge in [0.1, 0.15) is 11.8 Å². The fourth-order valence-electron chi connectivity index (χ4n) is 2.52. The molecule has 24 heavy (non-hydrogen) atoms. The fraction of sp³-hybridized carbons (Fsp3) is 0.562. The largest absolute Gasteiger partial charge is 0.494 e. The second kappa shape index (κ2) is 8.34. The zero-order chi connectivity index (χ0) is 17.6. The molecule has 0 radical (unpaired) electrons. The van der Waals surface area contributed by atoms with Crippen molar-refractivity contribution in [3.05, 3.63) is 29.8 Å². The molecule has 1 atom stereocenters. The van der Waals surface area contributed by atoms with Crippen molar-refractivity contribution in [1.29, 1.82) is 0 Å². The minimum atomic E-state index is -4.35. The predicted molar refractivity (Wildman–Crippen MR) is 81.7 cm³/mol. The number of rotatable bonds is 6. The number of hydrogen-bond donors (Lipinski definition) is 1. The predicted octanol–water partition coefficient (Wildman–Crippen LogP) is 1.96. The molecule has 5 nitrogen and oxygen atoms in total. The molecule has 1 aliphatic heterocycles. The van der Waals surface area contributed by atoms with Crippen molar-refractivity contribution >= 4 is 5.91 Å². The van der Waals surface area contributed by atoms with E-state index in [1.165, 1.54) is 0 Å². The highest BCUT2D eigenvalue weighted by atomic mass is 19.4. The van der Waals surface area contributed by atoms with Crippen molar-refractivity contribution < 1.29 is 27.4 Å². The molecule has 1 heterocycles. The standard InChI is InChI=1S/C16H21F3N2O3/c1-2-24-13-5-3-4-12(8-13)9-20-15(22)14-10-23-7-6-21(14)11-16(17,18)19/h3-5,8,14H,2,6-7,9-11H2,1H3,(H,20,22)/t14-/m1/s1. The van der Waals surface area contributed by atoms with Gasteiger partial charge in [-0.3, -0.25) is 9.69 Å². The molecule has 0 saturated carbocycles. The monoisotopic (exact) mass is 346 g/mol. The van der Waals surface area contributed by atoms with Crippen LogP contribution in [0.2, 0.25) is 0 Å². The minimum absolute atomic E-state index is 0.0408. The van der Waals surface area contributed by atoms with Crippen molar-refractivity contribution in [3.8, 4) is 5.75 Å².